The maximum atomic E-state index is 11.5. The molecule has 14 nitrogen and oxygen atoms in total. The van der Waals surface area contributed by atoms with E-state index < -0.39 is 11.9 Å². The highest BCUT2D eigenvalue weighted by Crippen LogP contribution is 2.47. The van der Waals surface area contributed by atoms with Gasteiger partial charge in [-0.2, -0.15) is 0 Å². The second-order valence-electron chi connectivity index (χ2n) is 20.7. The number of carbonyl (C=O) groups excluding carboxylic acids is 1. The Morgan fingerprint density at radius 2 is 1.06 bits per heavy atom. The molecule has 0 aliphatic heterocycles. The van der Waals surface area contributed by atoms with Gasteiger partial charge in [0.15, 0.2) is 11.6 Å². The monoisotopic (exact) mass is 990 g/mol. The highest BCUT2D eigenvalue weighted by molar-refractivity contribution is 9.08. The molecule has 0 spiro atoms. The second-order valence-corrected chi connectivity index (χ2v) is 21.2. The van der Waals surface area contributed by atoms with E-state index >= 15 is 0 Å². The minimum atomic E-state index is -0.901. The lowest BCUT2D eigenvalue weighted by Crippen LogP contribution is -2.33. The predicted octanol–water partition coefficient (Wildman–Crippen LogP) is 10.3. The van der Waals surface area contributed by atoms with E-state index in [2.05, 4.69) is 139 Å². The molecule has 2 N–H and O–H groups in total. The van der Waals surface area contributed by atoms with Crippen molar-refractivity contribution in [2.75, 3.05) is 7.11 Å². The molecular weight excluding hydrogens is 925 g/mol. The molecule has 2 aromatic heterocycles. The molecule has 6 aromatic rings. The Labute approximate surface area is 409 Å². The second kappa shape index (κ2) is 21.1. The Bertz CT molecular complexity index is 2670. The number of carbonyl (C=O) groups is 2. The number of ether oxygens (including phenoxy) is 2. The molecule has 0 amide bonds. The number of benzene rings is 4. The number of halogens is 1. The number of hydrogen-bond donors (Lipinski definition) is 2. The van der Waals surface area contributed by atoms with Gasteiger partial charge in [-0.05, 0) is 137 Å². The van der Waals surface area contributed by atoms with Crippen LogP contribution in [-0.4, -0.2) is 69.7 Å². The third kappa shape index (κ3) is 12.2. The summed E-state index contributed by atoms with van der Waals surface area (Å²) in [6.07, 6.45) is 5.00. The van der Waals surface area contributed by atoms with Crippen molar-refractivity contribution in [1.29, 1.82) is 0 Å². The van der Waals surface area contributed by atoms with Crippen molar-refractivity contribution >= 4 is 27.9 Å². The van der Waals surface area contributed by atoms with Crippen molar-refractivity contribution in [2.24, 2.45) is 14.1 Å². The minimum Gasteiger partial charge on any atom is -0.508 e. The van der Waals surface area contributed by atoms with E-state index in [9.17, 15) is 19.8 Å². The zero-order valence-corrected chi connectivity index (χ0v) is 43.0. The molecule has 0 fully saturated rings. The molecule has 0 saturated heterocycles. The Hall–Kier alpha value is -5.96. The summed E-state index contributed by atoms with van der Waals surface area (Å²) in [6, 6.07) is 27.8. The van der Waals surface area contributed by atoms with Gasteiger partial charge >= 0.3 is 11.9 Å². The summed E-state index contributed by atoms with van der Waals surface area (Å²) in [5.74, 6) is -0.00150. The number of aromatic nitrogens is 8. The number of hydrogen-bond acceptors (Lipinski definition) is 11. The van der Waals surface area contributed by atoms with Crippen LogP contribution in [0.4, 0.5) is 0 Å². The van der Waals surface area contributed by atoms with Crippen LogP contribution in [0.25, 0.3) is 0 Å². The number of phenolic OH excluding ortho intramolecular Hbond substituents is 1. The first-order chi connectivity index (χ1) is 32.0. The fraction of sp³-hybridized carbons (Fsp3) is 0.472. The van der Waals surface area contributed by atoms with Crippen LogP contribution in [0.2, 0.25) is 0 Å². The number of aliphatic carboxylic acids is 1. The van der Waals surface area contributed by atoms with Gasteiger partial charge in [-0.1, -0.05) is 132 Å². The number of phenols is 1. The summed E-state index contributed by atoms with van der Waals surface area (Å²) >= 11 is 3.55. The normalized spacial score (nSPS) is 16.8. The highest BCUT2D eigenvalue weighted by atomic mass is 79.9. The van der Waals surface area contributed by atoms with Gasteiger partial charge in [-0.25, -0.2) is 9.36 Å². The van der Waals surface area contributed by atoms with Gasteiger partial charge in [-0.3, -0.25) is 9.59 Å². The van der Waals surface area contributed by atoms with Crippen LogP contribution < -0.4 is 4.74 Å². The Morgan fingerprint density at radius 1 is 0.632 bits per heavy atom. The Morgan fingerprint density at radius 3 is 1.49 bits per heavy atom. The molecule has 15 heteroatoms. The quantitative estimate of drug-likeness (QED) is 0.0876. The van der Waals surface area contributed by atoms with Crippen LogP contribution in [0.5, 0.6) is 11.5 Å². The van der Waals surface area contributed by atoms with E-state index in [4.69, 9.17) is 9.47 Å². The van der Waals surface area contributed by atoms with E-state index in [0.717, 1.165) is 27.8 Å². The standard InChI is InChI=1S/C26H32N4O3.C15H21Br.C12H14N4O3/c1-25(2)12-13-26(3,4)22-14-17(6-11-21(22)25)16-33-19-9-7-18(8-10-19)20(15-23(31)32)24-27-28-29-30(24)5;1-14(2)7-8-15(3,4)13-9-11(10-16)5-6-12(13)14;1-16-12(13-14-15-16)10(7-11(18)19-2)8-3-5-9(17)6-4-8/h6-11,14,20H,12-13,15-16H2,1-5H3,(H,31,32);5-6,9H,7-8,10H2,1-4H3;3-6,10,17H,7H2,1-2H3/t20-;;10-/m0.0/s1. The summed E-state index contributed by atoms with van der Waals surface area (Å²) in [5.41, 5.74) is 11.2. The molecule has 4 aromatic carbocycles. The molecule has 2 atom stereocenters. The van der Waals surface area contributed by atoms with Gasteiger partial charge in [0.2, 0.25) is 0 Å². The van der Waals surface area contributed by atoms with Crippen molar-refractivity contribution in [3.63, 3.8) is 0 Å². The number of tetrazole rings is 2. The number of carboxylic acid groups (broad SMARTS) is 1. The largest absolute Gasteiger partial charge is 0.508 e. The number of nitrogens with zero attached hydrogens (tertiary/aromatic N) is 8. The average Bonchev–Trinajstić information content (AvgIpc) is 3.94. The number of esters is 1. The maximum absolute atomic E-state index is 11.5. The zero-order chi connectivity index (χ0) is 49.6. The summed E-state index contributed by atoms with van der Waals surface area (Å²) < 4.78 is 13.8. The van der Waals surface area contributed by atoms with E-state index in [1.54, 1.807) is 49.5 Å². The maximum Gasteiger partial charge on any atom is 0.306 e. The fourth-order valence-electron chi connectivity index (χ4n) is 9.32. The molecule has 0 saturated carbocycles. The van der Waals surface area contributed by atoms with Gasteiger partial charge in [0.1, 0.15) is 18.1 Å². The summed E-state index contributed by atoms with van der Waals surface area (Å²) in [6.45, 7) is 19.3. The molecule has 0 bridgehead atoms. The third-order valence-electron chi connectivity index (χ3n) is 13.9. The SMILES string of the molecule is CC1(C)CCC(C)(C)c2cc(CBr)ccc21.COC(=O)C[C@@H](c1ccc(O)cc1)c1nnnn1C.Cn1nnnc1[C@@H](CC(=O)O)c1ccc(OCc2ccc3c(c2)C(C)(C)CCC3(C)C)cc1. The third-order valence-corrected chi connectivity index (χ3v) is 14.5. The van der Waals surface area contributed by atoms with Gasteiger partial charge < -0.3 is 19.7 Å². The number of aryl methyl sites for hydroxylation is 2. The number of alkyl halides is 1. The smallest absolute Gasteiger partial charge is 0.306 e. The number of rotatable bonds is 12. The lowest BCUT2D eigenvalue weighted by molar-refractivity contribution is -0.141. The molecule has 362 valence electrons. The van der Waals surface area contributed by atoms with Gasteiger partial charge in [0.05, 0.1) is 31.8 Å². The summed E-state index contributed by atoms with van der Waals surface area (Å²) in [7, 11) is 4.76. The molecule has 8 rings (SSSR count). The van der Waals surface area contributed by atoms with E-state index in [-0.39, 0.29) is 41.3 Å². The Balaban J connectivity index is 0.000000184. The van der Waals surface area contributed by atoms with Gasteiger partial charge in [-0.15, -0.1) is 10.2 Å². The van der Waals surface area contributed by atoms with Crippen LogP contribution in [0, 0.1) is 0 Å². The molecule has 68 heavy (non-hydrogen) atoms. The highest BCUT2D eigenvalue weighted by Gasteiger charge is 2.38. The lowest BCUT2D eigenvalue weighted by Gasteiger charge is -2.42. The van der Waals surface area contributed by atoms with E-state index in [1.165, 1.54) is 58.8 Å². The number of aromatic hydroxyl groups is 1. The minimum absolute atomic E-state index is 0.0876. The van der Waals surface area contributed by atoms with E-state index in [0.29, 0.717) is 29.1 Å². The van der Waals surface area contributed by atoms with Gasteiger partial charge in [0, 0.05) is 19.4 Å². The predicted molar refractivity (Wildman–Crippen MR) is 265 cm³/mol. The summed E-state index contributed by atoms with van der Waals surface area (Å²) in [4.78, 5) is 22.9. The topological polar surface area (TPSA) is 180 Å². The fourth-order valence-corrected chi connectivity index (χ4v) is 9.67. The van der Waals surface area contributed by atoms with Crippen LogP contribution in [-0.2, 0) is 62.0 Å². The Kier molecular flexibility index (Phi) is 16.0. The van der Waals surface area contributed by atoms with Crippen LogP contribution in [0.15, 0.2) is 84.9 Å². The van der Waals surface area contributed by atoms with Crippen molar-refractivity contribution < 1.29 is 29.3 Å². The lowest BCUT2D eigenvalue weighted by atomic mass is 9.63. The van der Waals surface area contributed by atoms with Crippen molar-refractivity contribution in [3.05, 3.63) is 141 Å². The summed E-state index contributed by atoms with van der Waals surface area (Å²) in [5, 5.41) is 42.4. The van der Waals surface area contributed by atoms with Crippen LogP contribution >= 0.6 is 15.9 Å². The first-order valence-electron chi connectivity index (χ1n) is 23.1. The van der Waals surface area contributed by atoms with Crippen LogP contribution in [0.3, 0.4) is 0 Å². The molecule has 2 heterocycles. The molecule has 2 aliphatic carbocycles. The molecule has 0 radical (unpaired) electrons. The number of carboxylic acids is 1. The van der Waals surface area contributed by atoms with Crippen molar-refractivity contribution in [1.82, 2.24) is 40.4 Å². The number of fused-ring (bicyclic) bond motifs is 2. The zero-order valence-electron chi connectivity index (χ0n) is 41.4. The average molecular weight is 992 g/mol. The first-order valence-corrected chi connectivity index (χ1v) is 24.3. The van der Waals surface area contributed by atoms with Crippen LogP contribution in [0.1, 0.15) is 162 Å². The first kappa shape index (κ1) is 51.4. The van der Waals surface area contributed by atoms with Crippen molar-refractivity contribution in [3.8, 4) is 11.5 Å². The molecule has 2 aliphatic rings. The van der Waals surface area contributed by atoms with Gasteiger partial charge in [0.25, 0.3) is 0 Å². The molecular formula is C53H67BrN8O6. The van der Waals surface area contributed by atoms with Crippen molar-refractivity contribution in [2.45, 2.75) is 139 Å². The molecule has 0 unspecified atom stereocenters. The number of methoxy groups -OCH3 is 1. The van der Waals surface area contributed by atoms with E-state index in [1.807, 2.05) is 24.3 Å².